The van der Waals surface area contributed by atoms with E-state index in [9.17, 15) is 14.4 Å². The molecule has 0 aliphatic rings. The number of anilines is 1. The van der Waals surface area contributed by atoms with E-state index in [2.05, 4.69) is 15.6 Å². The van der Waals surface area contributed by atoms with Crippen molar-refractivity contribution >= 4 is 34.2 Å². The van der Waals surface area contributed by atoms with E-state index in [0.717, 1.165) is 52.7 Å². The molecule has 3 rings (SSSR count). The van der Waals surface area contributed by atoms with Crippen molar-refractivity contribution in [1.82, 2.24) is 10.3 Å². The second kappa shape index (κ2) is 12.2. The lowest BCUT2D eigenvalue weighted by molar-refractivity contribution is -0.126. The quantitative estimate of drug-likeness (QED) is 0.320. The van der Waals surface area contributed by atoms with E-state index in [0.29, 0.717) is 18.5 Å². The summed E-state index contributed by atoms with van der Waals surface area (Å²) < 4.78 is 5.34. The molecule has 2 amide bonds. The number of hydrogen-bond donors (Lipinski definition) is 3. The van der Waals surface area contributed by atoms with Crippen LogP contribution in [0.4, 0.5) is 5.69 Å². The topological polar surface area (TPSA) is 100 Å². The summed E-state index contributed by atoms with van der Waals surface area (Å²) in [5.74, 6) is 0.426. The van der Waals surface area contributed by atoms with Gasteiger partial charge in [0.15, 0.2) is 0 Å². The second-order valence-electron chi connectivity index (χ2n) is 9.10. The summed E-state index contributed by atoms with van der Waals surface area (Å²) in [6, 6.07) is 12.6. The molecular weight excluding hydrogens is 442 g/mol. The zero-order valence-electron chi connectivity index (χ0n) is 21.0. The van der Waals surface area contributed by atoms with E-state index in [-0.39, 0.29) is 24.0 Å². The molecule has 1 heterocycles. The Balaban J connectivity index is 1.71. The van der Waals surface area contributed by atoms with E-state index < -0.39 is 6.04 Å². The van der Waals surface area contributed by atoms with Crippen molar-refractivity contribution in [2.45, 2.75) is 65.3 Å². The molecule has 7 heteroatoms. The van der Waals surface area contributed by atoms with Crippen LogP contribution in [0.5, 0.6) is 5.75 Å². The number of H-pyrrole nitrogens is 1. The highest BCUT2D eigenvalue weighted by atomic mass is 16.5. The zero-order chi connectivity index (χ0) is 25.4. The van der Waals surface area contributed by atoms with Gasteiger partial charge < -0.3 is 25.1 Å². The molecule has 0 aliphatic carbocycles. The van der Waals surface area contributed by atoms with Gasteiger partial charge in [-0.05, 0) is 75.1 Å². The average Bonchev–Trinajstić information content (AvgIpc) is 3.11. The largest absolute Gasteiger partial charge is 0.497 e. The van der Waals surface area contributed by atoms with Crippen molar-refractivity contribution in [3.8, 4) is 5.75 Å². The number of benzene rings is 2. The first-order valence-electron chi connectivity index (χ1n) is 12.1. The molecule has 3 N–H and O–H groups in total. The van der Waals surface area contributed by atoms with Gasteiger partial charge in [0, 0.05) is 28.7 Å². The third-order valence-electron chi connectivity index (χ3n) is 6.12. The second-order valence-corrected chi connectivity index (χ2v) is 9.10. The molecule has 186 valence electrons. The number of fused-ring (bicyclic) bond motifs is 1. The predicted octanol–water partition coefficient (Wildman–Crippen LogP) is 5.00. The van der Waals surface area contributed by atoms with Crippen LogP contribution in [0.25, 0.3) is 10.9 Å². The number of ether oxygens (including phenoxy) is 1. The van der Waals surface area contributed by atoms with Crippen molar-refractivity contribution in [3.63, 3.8) is 0 Å². The summed E-state index contributed by atoms with van der Waals surface area (Å²) in [5.41, 5.74) is 4.47. The highest BCUT2D eigenvalue weighted by Gasteiger charge is 2.22. The molecule has 1 atom stereocenters. The fourth-order valence-corrected chi connectivity index (χ4v) is 4.24. The van der Waals surface area contributed by atoms with Crippen LogP contribution in [-0.4, -0.2) is 35.7 Å². The Morgan fingerprint density at radius 3 is 2.54 bits per heavy atom. The Kier molecular flexibility index (Phi) is 9.06. The predicted molar refractivity (Wildman–Crippen MR) is 139 cm³/mol. The van der Waals surface area contributed by atoms with Crippen LogP contribution in [0.2, 0.25) is 0 Å². The van der Waals surface area contributed by atoms with Crippen LogP contribution in [0.1, 0.15) is 55.8 Å². The lowest BCUT2D eigenvalue weighted by Gasteiger charge is -2.19. The Bertz CT molecular complexity index is 1200. The van der Waals surface area contributed by atoms with Gasteiger partial charge in [-0.1, -0.05) is 25.0 Å². The fourth-order valence-electron chi connectivity index (χ4n) is 4.24. The van der Waals surface area contributed by atoms with Crippen molar-refractivity contribution in [2.75, 3.05) is 12.4 Å². The third-order valence-corrected chi connectivity index (χ3v) is 6.12. The number of carbonyl (C=O) groups is 3. The van der Waals surface area contributed by atoms with Crippen LogP contribution in [-0.2, 0) is 20.8 Å². The summed E-state index contributed by atoms with van der Waals surface area (Å²) in [6.45, 7) is 5.48. The van der Waals surface area contributed by atoms with Crippen molar-refractivity contribution < 1.29 is 19.1 Å². The minimum absolute atomic E-state index is 0.150. The lowest BCUT2D eigenvalue weighted by atomic mass is 10.0. The number of aromatic amines is 1. The molecule has 3 aromatic rings. The number of aromatic nitrogens is 1. The molecule has 0 unspecified atom stereocenters. The first kappa shape index (κ1) is 26.0. The van der Waals surface area contributed by atoms with E-state index in [1.165, 1.54) is 0 Å². The van der Waals surface area contributed by atoms with Gasteiger partial charge >= 0.3 is 0 Å². The number of ketones is 1. The van der Waals surface area contributed by atoms with Gasteiger partial charge in [0.25, 0.3) is 0 Å². The normalized spacial score (nSPS) is 11.8. The van der Waals surface area contributed by atoms with Gasteiger partial charge in [0.2, 0.25) is 11.8 Å². The van der Waals surface area contributed by atoms with Crippen LogP contribution >= 0.6 is 0 Å². The monoisotopic (exact) mass is 477 g/mol. The van der Waals surface area contributed by atoms with E-state index in [1.54, 1.807) is 14.0 Å². The minimum Gasteiger partial charge on any atom is -0.497 e. The summed E-state index contributed by atoms with van der Waals surface area (Å²) in [5, 5.41) is 6.81. The standard InChI is InChI=1S/C28H35N3O4/c1-18-9-8-11-21(15-18)30-28(34)26(12-7-5-6-10-19(2)32)31-27(33)17-23-20(3)29-25-14-13-22(35-4)16-24(23)25/h8-9,11,13-16,26,29H,5-7,10,12,17H2,1-4H3,(H,30,34)(H,31,33)/t26-/m0/s1. The number of rotatable bonds is 12. The SMILES string of the molecule is COc1ccc2[nH]c(C)c(CC(=O)N[C@@H](CCCCCC(C)=O)C(=O)Nc3cccc(C)c3)c2c1. The van der Waals surface area contributed by atoms with Crippen LogP contribution < -0.4 is 15.4 Å². The van der Waals surface area contributed by atoms with E-state index in [4.69, 9.17) is 4.74 Å². The molecule has 0 bridgehead atoms. The molecule has 1 aromatic heterocycles. The Labute approximate surface area is 206 Å². The molecule has 0 saturated heterocycles. The van der Waals surface area contributed by atoms with Crippen LogP contribution in [0.15, 0.2) is 42.5 Å². The first-order chi connectivity index (χ1) is 16.8. The highest BCUT2D eigenvalue weighted by Crippen LogP contribution is 2.27. The number of carbonyl (C=O) groups excluding carboxylic acids is 3. The average molecular weight is 478 g/mol. The van der Waals surface area contributed by atoms with Gasteiger partial charge in [-0.3, -0.25) is 9.59 Å². The summed E-state index contributed by atoms with van der Waals surface area (Å²) in [6.07, 6.45) is 3.54. The maximum absolute atomic E-state index is 13.1. The number of aryl methyl sites for hydroxylation is 2. The molecule has 0 spiro atoms. The molecular formula is C28H35N3O4. The number of amides is 2. The van der Waals surface area contributed by atoms with Gasteiger partial charge in [-0.25, -0.2) is 0 Å². The summed E-state index contributed by atoms with van der Waals surface area (Å²) in [4.78, 5) is 40.7. The maximum atomic E-state index is 13.1. The number of hydrogen-bond acceptors (Lipinski definition) is 4. The number of methoxy groups -OCH3 is 1. The summed E-state index contributed by atoms with van der Waals surface area (Å²) >= 11 is 0. The molecule has 0 saturated carbocycles. The Morgan fingerprint density at radius 1 is 1.03 bits per heavy atom. The molecule has 0 radical (unpaired) electrons. The molecule has 35 heavy (non-hydrogen) atoms. The number of Topliss-reactive ketones (excluding diaryl/α,β-unsaturated/α-hetero) is 1. The smallest absolute Gasteiger partial charge is 0.246 e. The van der Waals surface area contributed by atoms with E-state index >= 15 is 0 Å². The lowest BCUT2D eigenvalue weighted by Crippen LogP contribution is -2.44. The summed E-state index contributed by atoms with van der Waals surface area (Å²) in [7, 11) is 1.61. The van der Waals surface area contributed by atoms with Gasteiger partial charge in [-0.2, -0.15) is 0 Å². The van der Waals surface area contributed by atoms with Crippen LogP contribution in [0.3, 0.4) is 0 Å². The van der Waals surface area contributed by atoms with Gasteiger partial charge in [-0.15, -0.1) is 0 Å². The van der Waals surface area contributed by atoms with Gasteiger partial charge in [0.1, 0.15) is 17.6 Å². The maximum Gasteiger partial charge on any atom is 0.246 e. The highest BCUT2D eigenvalue weighted by molar-refractivity contribution is 5.98. The van der Waals surface area contributed by atoms with Crippen molar-refractivity contribution in [2.24, 2.45) is 0 Å². The zero-order valence-corrected chi connectivity index (χ0v) is 21.0. The van der Waals surface area contributed by atoms with E-state index in [1.807, 2.05) is 56.3 Å². The van der Waals surface area contributed by atoms with Crippen molar-refractivity contribution in [1.29, 1.82) is 0 Å². The number of nitrogens with one attached hydrogen (secondary N) is 3. The number of unbranched alkanes of at least 4 members (excludes halogenated alkanes) is 2. The molecule has 0 aliphatic heterocycles. The van der Waals surface area contributed by atoms with Crippen LogP contribution in [0, 0.1) is 13.8 Å². The molecule has 0 fully saturated rings. The van der Waals surface area contributed by atoms with Gasteiger partial charge in [0.05, 0.1) is 13.5 Å². The molecule has 2 aromatic carbocycles. The fraction of sp³-hybridized carbons (Fsp3) is 0.393. The Morgan fingerprint density at radius 2 is 1.83 bits per heavy atom. The Hall–Kier alpha value is -3.61. The van der Waals surface area contributed by atoms with Crippen molar-refractivity contribution in [3.05, 3.63) is 59.3 Å². The first-order valence-corrected chi connectivity index (χ1v) is 12.1. The third kappa shape index (κ3) is 7.44. The molecule has 7 nitrogen and oxygen atoms in total. The minimum atomic E-state index is -0.666.